The molecule has 0 aliphatic carbocycles. The van der Waals surface area contributed by atoms with Crippen LogP contribution in [0.25, 0.3) is 10.9 Å². The molecule has 0 unspecified atom stereocenters. The van der Waals surface area contributed by atoms with Gasteiger partial charge >= 0.3 is 0 Å². The van der Waals surface area contributed by atoms with Crippen LogP contribution in [0.5, 0.6) is 0 Å². The van der Waals surface area contributed by atoms with Crippen LogP contribution in [-0.2, 0) is 0 Å². The molecule has 0 saturated heterocycles. The normalized spacial score (nSPS) is 10.6. The maximum Gasteiger partial charge on any atom is 0.256 e. The Morgan fingerprint density at radius 1 is 1.35 bits per heavy atom. The Kier molecular flexibility index (Phi) is 2.34. The molecule has 0 fully saturated rings. The number of amides is 1. The fourth-order valence-electron chi connectivity index (χ4n) is 1.60. The number of aromatic nitrogens is 3. The van der Waals surface area contributed by atoms with Crippen molar-refractivity contribution < 1.29 is 4.79 Å². The number of H-pyrrole nitrogens is 1. The molecule has 0 saturated carbocycles. The van der Waals surface area contributed by atoms with Crippen molar-refractivity contribution in [3.05, 3.63) is 42.2 Å². The summed E-state index contributed by atoms with van der Waals surface area (Å²) in [7, 11) is 0. The summed E-state index contributed by atoms with van der Waals surface area (Å²) in [5.74, 6) is -0.160. The van der Waals surface area contributed by atoms with E-state index in [-0.39, 0.29) is 5.91 Å². The number of anilines is 1. The van der Waals surface area contributed by atoms with Gasteiger partial charge in [0.1, 0.15) is 5.00 Å². The monoisotopic (exact) mass is 244 g/mol. The summed E-state index contributed by atoms with van der Waals surface area (Å²) < 4.78 is 3.68. The zero-order valence-corrected chi connectivity index (χ0v) is 9.49. The van der Waals surface area contributed by atoms with Gasteiger partial charge in [-0.15, -0.1) is 5.10 Å². The van der Waals surface area contributed by atoms with Gasteiger partial charge in [-0.25, -0.2) is 0 Å². The van der Waals surface area contributed by atoms with E-state index >= 15 is 0 Å². The molecule has 5 nitrogen and oxygen atoms in total. The van der Waals surface area contributed by atoms with E-state index in [9.17, 15) is 4.79 Å². The van der Waals surface area contributed by atoms with Crippen molar-refractivity contribution in [1.82, 2.24) is 14.6 Å². The van der Waals surface area contributed by atoms with E-state index in [4.69, 9.17) is 0 Å². The second-order valence-electron chi connectivity index (χ2n) is 3.52. The molecule has 0 aliphatic rings. The minimum absolute atomic E-state index is 0.160. The summed E-state index contributed by atoms with van der Waals surface area (Å²) >= 11 is 1.15. The third-order valence-electron chi connectivity index (χ3n) is 2.42. The van der Waals surface area contributed by atoms with E-state index in [0.717, 1.165) is 22.4 Å². The fourth-order valence-corrected chi connectivity index (χ4v) is 2.01. The summed E-state index contributed by atoms with van der Waals surface area (Å²) in [6, 6.07) is 7.48. The van der Waals surface area contributed by atoms with Gasteiger partial charge in [-0.2, -0.15) is 0 Å². The summed E-state index contributed by atoms with van der Waals surface area (Å²) in [6.45, 7) is 0. The maximum absolute atomic E-state index is 11.9. The molecule has 0 spiro atoms. The standard InChI is InChI=1S/C11H8N4OS/c16-11(14-10-6-13-15-17-10)8-2-1-7-3-4-12-9(7)5-8/h1-6,12H,(H,14,16). The van der Waals surface area contributed by atoms with Crippen molar-refractivity contribution in [1.29, 1.82) is 0 Å². The number of nitrogens with zero attached hydrogens (tertiary/aromatic N) is 2. The number of benzene rings is 1. The quantitative estimate of drug-likeness (QED) is 0.726. The lowest BCUT2D eigenvalue weighted by Crippen LogP contribution is -2.10. The molecule has 3 aromatic rings. The van der Waals surface area contributed by atoms with E-state index in [1.807, 2.05) is 24.4 Å². The third kappa shape index (κ3) is 1.90. The number of hydrogen-bond donors (Lipinski definition) is 2. The largest absolute Gasteiger partial charge is 0.361 e. The minimum Gasteiger partial charge on any atom is -0.361 e. The van der Waals surface area contributed by atoms with Crippen molar-refractivity contribution in [3.63, 3.8) is 0 Å². The Bertz CT molecular complexity index is 659. The molecule has 1 amide bonds. The molecule has 17 heavy (non-hydrogen) atoms. The third-order valence-corrected chi connectivity index (χ3v) is 3.00. The summed E-state index contributed by atoms with van der Waals surface area (Å²) in [5.41, 5.74) is 1.55. The van der Waals surface area contributed by atoms with Gasteiger partial charge < -0.3 is 10.3 Å². The fraction of sp³-hybridized carbons (Fsp3) is 0. The maximum atomic E-state index is 11.9. The second-order valence-corrected chi connectivity index (χ2v) is 4.30. The lowest BCUT2D eigenvalue weighted by atomic mass is 10.1. The molecule has 2 aromatic heterocycles. The Morgan fingerprint density at radius 2 is 2.29 bits per heavy atom. The Morgan fingerprint density at radius 3 is 3.12 bits per heavy atom. The predicted molar refractivity (Wildman–Crippen MR) is 66.2 cm³/mol. The van der Waals surface area contributed by atoms with Crippen LogP contribution in [0.3, 0.4) is 0 Å². The Balaban J connectivity index is 1.90. The van der Waals surface area contributed by atoms with E-state index < -0.39 is 0 Å². The predicted octanol–water partition coefficient (Wildman–Crippen LogP) is 2.27. The highest BCUT2D eigenvalue weighted by atomic mass is 32.1. The van der Waals surface area contributed by atoms with E-state index in [0.29, 0.717) is 10.6 Å². The lowest BCUT2D eigenvalue weighted by molar-refractivity contribution is 0.102. The topological polar surface area (TPSA) is 70.7 Å². The number of nitrogens with one attached hydrogen (secondary N) is 2. The van der Waals surface area contributed by atoms with E-state index in [1.54, 1.807) is 6.07 Å². The SMILES string of the molecule is O=C(Nc1cnns1)c1ccc2cc[nH]c2c1. The van der Waals surface area contributed by atoms with Gasteiger partial charge in [0.25, 0.3) is 5.91 Å². The highest BCUT2D eigenvalue weighted by Gasteiger charge is 2.08. The molecule has 1 aromatic carbocycles. The van der Waals surface area contributed by atoms with Gasteiger partial charge in [0, 0.05) is 28.8 Å². The number of rotatable bonds is 2. The van der Waals surface area contributed by atoms with E-state index in [1.165, 1.54) is 6.20 Å². The molecule has 6 heteroatoms. The first-order valence-electron chi connectivity index (χ1n) is 4.99. The van der Waals surface area contributed by atoms with Crippen molar-refractivity contribution >= 4 is 33.3 Å². The molecule has 2 heterocycles. The van der Waals surface area contributed by atoms with Crippen molar-refractivity contribution in [2.24, 2.45) is 0 Å². The molecule has 0 aliphatic heterocycles. The average molecular weight is 244 g/mol. The van der Waals surface area contributed by atoms with Gasteiger partial charge in [-0.05, 0) is 23.6 Å². The van der Waals surface area contributed by atoms with Crippen molar-refractivity contribution in [2.75, 3.05) is 5.32 Å². The summed E-state index contributed by atoms with van der Waals surface area (Å²) in [5, 5.41) is 8.12. The number of carbonyl (C=O) groups is 1. The van der Waals surface area contributed by atoms with Crippen LogP contribution in [0.2, 0.25) is 0 Å². The molecule has 0 bridgehead atoms. The highest BCUT2D eigenvalue weighted by molar-refractivity contribution is 7.10. The molecule has 2 N–H and O–H groups in total. The smallest absolute Gasteiger partial charge is 0.256 e. The van der Waals surface area contributed by atoms with Gasteiger partial charge in [-0.1, -0.05) is 10.6 Å². The van der Waals surface area contributed by atoms with Crippen LogP contribution in [-0.4, -0.2) is 20.5 Å². The Hall–Kier alpha value is -2.21. The zero-order chi connectivity index (χ0) is 11.7. The van der Waals surface area contributed by atoms with Gasteiger partial charge in [0.05, 0.1) is 6.20 Å². The van der Waals surface area contributed by atoms with Crippen LogP contribution in [0, 0.1) is 0 Å². The zero-order valence-electron chi connectivity index (χ0n) is 8.68. The molecular weight excluding hydrogens is 236 g/mol. The number of aromatic amines is 1. The first-order chi connectivity index (χ1) is 8.33. The first kappa shape index (κ1) is 9.98. The molecule has 0 atom stereocenters. The molecule has 3 rings (SSSR count). The first-order valence-corrected chi connectivity index (χ1v) is 5.76. The second kappa shape index (κ2) is 3.99. The molecular formula is C11H8N4OS. The van der Waals surface area contributed by atoms with Crippen LogP contribution >= 0.6 is 11.5 Å². The van der Waals surface area contributed by atoms with Crippen LogP contribution < -0.4 is 5.32 Å². The van der Waals surface area contributed by atoms with Gasteiger partial charge in [0.2, 0.25) is 0 Å². The van der Waals surface area contributed by atoms with Crippen molar-refractivity contribution in [3.8, 4) is 0 Å². The van der Waals surface area contributed by atoms with Crippen LogP contribution in [0.15, 0.2) is 36.7 Å². The van der Waals surface area contributed by atoms with Gasteiger partial charge in [-0.3, -0.25) is 4.79 Å². The highest BCUT2D eigenvalue weighted by Crippen LogP contribution is 2.16. The minimum atomic E-state index is -0.160. The number of hydrogen-bond acceptors (Lipinski definition) is 4. The lowest BCUT2D eigenvalue weighted by Gasteiger charge is -2.01. The van der Waals surface area contributed by atoms with Crippen LogP contribution in [0.1, 0.15) is 10.4 Å². The molecule has 0 radical (unpaired) electrons. The summed E-state index contributed by atoms with van der Waals surface area (Å²) in [4.78, 5) is 15.0. The number of carbonyl (C=O) groups excluding carboxylic acids is 1. The van der Waals surface area contributed by atoms with Crippen molar-refractivity contribution in [2.45, 2.75) is 0 Å². The summed E-state index contributed by atoms with van der Waals surface area (Å²) in [6.07, 6.45) is 3.37. The Labute approximate surface area is 101 Å². The van der Waals surface area contributed by atoms with Gasteiger partial charge in [0.15, 0.2) is 0 Å². The molecule has 84 valence electrons. The van der Waals surface area contributed by atoms with E-state index in [2.05, 4.69) is 19.9 Å². The average Bonchev–Trinajstić information content (AvgIpc) is 2.97. The van der Waals surface area contributed by atoms with Crippen LogP contribution in [0.4, 0.5) is 5.00 Å². The number of fused-ring (bicyclic) bond motifs is 1.